The molecule has 0 fully saturated rings. The number of hydrogen-bond acceptors (Lipinski definition) is 2. The van der Waals surface area contributed by atoms with Crippen LogP contribution in [0.15, 0.2) is 243 Å². The molecule has 0 aliphatic rings. The first-order valence-electron chi connectivity index (χ1n) is 21.3. The topological polar surface area (TPSA) is 6.48 Å². The lowest BCUT2D eigenvalue weighted by Crippen LogP contribution is -2.10. The number of para-hydroxylation sites is 2. The third-order valence-electron chi connectivity index (χ3n) is 12.6. The Kier molecular flexibility index (Phi) is 8.53. The molecule has 0 bridgehead atoms. The summed E-state index contributed by atoms with van der Waals surface area (Å²) in [6, 6.07) is 88.4. The summed E-state index contributed by atoms with van der Waals surface area (Å²) in [5.41, 5.74) is 11.7. The van der Waals surface area contributed by atoms with Gasteiger partial charge in [-0.1, -0.05) is 182 Å². The summed E-state index contributed by atoms with van der Waals surface area (Å²) in [7, 11) is 0. The zero-order valence-electron chi connectivity index (χ0n) is 34.0. The van der Waals surface area contributed by atoms with Gasteiger partial charge in [0.15, 0.2) is 0 Å². The van der Waals surface area contributed by atoms with Crippen LogP contribution in [0.1, 0.15) is 0 Å². The molecule has 0 N–H and O–H groups in total. The van der Waals surface area contributed by atoms with Crippen molar-refractivity contribution < 1.29 is 0 Å². The lowest BCUT2D eigenvalue weighted by Gasteiger charge is -2.27. The highest BCUT2D eigenvalue weighted by Gasteiger charge is 2.19. The summed E-state index contributed by atoms with van der Waals surface area (Å²) in [6.07, 6.45) is 0. The highest BCUT2D eigenvalue weighted by atomic mass is 15.1. The number of rotatable bonds is 8. The molecule has 0 amide bonds. The molecular formula is C60H40N2. The van der Waals surface area contributed by atoms with Crippen molar-refractivity contribution in [3.8, 4) is 22.3 Å². The fourth-order valence-corrected chi connectivity index (χ4v) is 9.70. The van der Waals surface area contributed by atoms with E-state index in [0.717, 1.165) is 34.1 Å². The summed E-state index contributed by atoms with van der Waals surface area (Å²) in [5, 5.41) is 12.6. The maximum atomic E-state index is 2.37. The van der Waals surface area contributed by atoms with E-state index in [-0.39, 0.29) is 0 Å². The fourth-order valence-electron chi connectivity index (χ4n) is 9.70. The van der Waals surface area contributed by atoms with Crippen LogP contribution < -0.4 is 9.80 Å². The van der Waals surface area contributed by atoms with Gasteiger partial charge in [0.2, 0.25) is 0 Å². The van der Waals surface area contributed by atoms with Gasteiger partial charge >= 0.3 is 0 Å². The second kappa shape index (κ2) is 14.8. The molecule has 2 heteroatoms. The maximum absolute atomic E-state index is 2.37. The Morgan fingerprint density at radius 2 is 0.565 bits per heavy atom. The van der Waals surface area contributed by atoms with Gasteiger partial charge in [0.05, 0.1) is 11.4 Å². The van der Waals surface area contributed by atoms with E-state index in [1.165, 1.54) is 76.1 Å². The second-order valence-corrected chi connectivity index (χ2v) is 16.1. The summed E-state index contributed by atoms with van der Waals surface area (Å²) in [6.45, 7) is 0. The molecule has 0 unspecified atom stereocenters. The van der Waals surface area contributed by atoms with Crippen LogP contribution in [0.2, 0.25) is 0 Å². The number of nitrogens with zero attached hydrogens (tertiary/aromatic N) is 2. The number of hydrogen-bond donors (Lipinski definition) is 0. The fraction of sp³-hybridized carbons (Fsp3) is 0. The molecule has 12 aromatic rings. The van der Waals surface area contributed by atoms with Gasteiger partial charge in [-0.3, -0.25) is 0 Å². The van der Waals surface area contributed by atoms with E-state index in [2.05, 4.69) is 252 Å². The summed E-state index contributed by atoms with van der Waals surface area (Å²) in [5.74, 6) is 0. The molecule has 62 heavy (non-hydrogen) atoms. The predicted molar refractivity (Wildman–Crippen MR) is 265 cm³/mol. The van der Waals surface area contributed by atoms with Crippen molar-refractivity contribution in [3.05, 3.63) is 243 Å². The third-order valence-corrected chi connectivity index (χ3v) is 12.6. The van der Waals surface area contributed by atoms with E-state index < -0.39 is 0 Å². The van der Waals surface area contributed by atoms with Crippen LogP contribution in [-0.2, 0) is 0 Å². The normalized spacial score (nSPS) is 11.5. The van der Waals surface area contributed by atoms with Crippen LogP contribution in [0.4, 0.5) is 34.1 Å². The summed E-state index contributed by atoms with van der Waals surface area (Å²) in [4.78, 5) is 4.74. The van der Waals surface area contributed by atoms with Crippen molar-refractivity contribution in [1.82, 2.24) is 0 Å². The minimum Gasteiger partial charge on any atom is -0.310 e. The zero-order chi connectivity index (χ0) is 41.0. The molecule has 0 aliphatic heterocycles. The molecule has 0 saturated carbocycles. The van der Waals surface area contributed by atoms with Crippen molar-refractivity contribution in [2.75, 3.05) is 9.80 Å². The van der Waals surface area contributed by atoms with E-state index in [1.807, 2.05) is 0 Å². The van der Waals surface area contributed by atoms with Crippen molar-refractivity contribution in [3.63, 3.8) is 0 Å². The molecule has 12 rings (SSSR count). The molecule has 0 aliphatic carbocycles. The Bertz CT molecular complexity index is 3310. The molecular weight excluding hydrogens is 749 g/mol. The molecule has 12 aromatic carbocycles. The second-order valence-electron chi connectivity index (χ2n) is 16.1. The van der Waals surface area contributed by atoms with Crippen LogP contribution in [0.3, 0.4) is 0 Å². The number of anilines is 6. The van der Waals surface area contributed by atoms with E-state index in [4.69, 9.17) is 0 Å². The van der Waals surface area contributed by atoms with Gasteiger partial charge in [0.25, 0.3) is 0 Å². The monoisotopic (exact) mass is 788 g/mol. The lowest BCUT2D eigenvalue weighted by atomic mass is 9.87. The Hall–Kier alpha value is -8.20. The van der Waals surface area contributed by atoms with Crippen LogP contribution in [0.25, 0.3) is 76.1 Å². The summed E-state index contributed by atoms with van der Waals surface area (Å²) < 4.78 is 0. The SMILES string of the molecule is c1ccc(N(c2ccc(-c3ccc4ccc5ccc(-c6ccc(N(c7ccccc7)c7cccc8ccccc78)cc6)c6ccc3c4c56)cc2)c2cccc3ccccc23)cc1. The zero-order valence-corrected chi connectivity index (χ0v) is 34.0. The van der Waals surface area contributed by atoms with E-state index in [9.17, 15) is 0 Å². The van der Waals surface area contributed by atoms with Gasteiger partial charge in [-0.2, -0.15) is 0 Å². The minimum atomic E-state index is 1.12. The van der Waals surface area contributed by atoms with Gasteiger partial charge in [-0.15, -0.1) is 0 Å². The smallest absolute Gasteiger partial charge is 0.0540 e. The first-order chi connectivity index (χ1) is 30.8. The van der Waals surface area contributed by atoms with E-state index >= 15 is 0 Å². The first kappa shape index (κ1) is 35.7. The number of benzene rings is 12. The van der Waals surface area contributed by atoms with Crippen molar-refractivity contribution in [1.29, 1.82) is 0 Å². The Morgan fingerprint density at radius 1 is 0.210 bits per heavy atom. The Morgan fingerprint density at radius 3 is 1.00 bits per heavy atom. The van der Waals surface area contributed by atoms with Gasteiger partial charge in [0, 0.05) is 33.5 Å². The molecule has 290 valence electrons. The third kappa shape index (κ3) is 5.96. The average molecular weight is 789 g/mol. The molecule has 0 aromatic heterocycles. The van der Waals surface area contributed by atoms with Gasteiger partial charge in [0.1, 0.15) is 0 Å². The molecule has 0 atom stereocenters. The minimum absolute atomic E-state index is 1.12. The van der Waals surface area contributed by atoms with Gasteiger partial charge in [-0.05, 0) is 126 Å². The standard InChI is InChI=1S/C60H40N2/c1-3-17-47(18-4-1)61(57-23-11-15-41-13-7-9-21-53(41)57)49-33-27-43(28-34-49)51-37-31-45-25-26-46-32-38-52(56-40-39-55(51)59(45)60(46)56)44-29-35-50(36-30-44)62(48-19-5-2-6-20-48)58-24-12-16-42-14-8-10-22-54(42)58/h1-40H. The summed E-state index contributed by atoms with van der Waals surface area (Å²) >= 11 is 0. The highest BCUT2D eigenvalue weighted by Crippen LogP contribution is 2.45. The average Bonchev–Trinajstić information content (AvgIpc) is 3.35. The molecule has 2 nitrogen and oxygen atoms in total. The van der Waals surface area contributed by atoms with Crippen LogP contribution in [0.5, 0.6) is 0 Å². The van der Waals surface area contributed by atoms with Crippen LogP contribution in [0, 0.1) is 0 Å². The quantitative estimate of drug-likeness (QED) is 0.142. The van der Waals surface area contributed by atoms with Crippen LogP contribution >= 0.6 is 0 Å². The molecule has 0 saturated heterocycles. The molecule has 0 radical (unpaired) electrons. The van der Waals surface area contributed by atoms with E-state index in [1.54, 1.807) is 0 Å². The van der Waals surface area contributed by atoms with Crippen LogP contribution in [-0.4, -0.2) is 0 Å². The van der Waals surface area contributed by atoms with Crippen molar-refractivity contribution in [2.24, 2.45) is 0 Å². The van der Waals surface area contributed by atoms with Crippen molar-refractivity contribution in [2.45, 2.75) is 0 Å². The Balaban J connectivity index is 0.942. The lowest BCUT2D eigenvalue weighted by molar-refractivity contribution is 1.30. The number of fused-ring (bicyclic) bond motifs is 2. The molecule has 0 heterocycles. The maximum Gasteiger partial charge on any atom is 0.0540 e. The largest absolute Gasteiger partial charge is 0.310 e. The van der Waals surface area contributed by atoms with E-state index in [0.29, 0.717) is 0 Å². The first-order valence-corrected chi connectivity index (χ1v) is 21.3. The highest BCUT2D eigenvalue weighted by molar-refractivity contribution is 6.27. The predicted octanol–water partition coefficient (Wildman–Crippen LogP) is 17.2. The Labute approximate surface area is 361 Å². The molecule has 0 spiro atoms. The van der Waals surface area contributed by atoms with Gasteiger partial charge < -0.3 is 9.80 Å². The van der Waals surface area contributed by atoms with Crippen molar-refractivity contribution >= 4 is 88.0 Å². The van der Waals surface area contributed by atoms with Gasteiger partial charge in [-0.25, -0.2) is 0 Å².